The molecule has 0 spiro atoms. The molecular formula is C17H23N5O3. The van der Waals surface area contributed by atoms with Gasteiger partial charge in [-0.15, -0.1) is 10.2 Å². The van der Waals surface area contributed by atoms with E-state index in [1.54, 1.807) is 0 Å². The van der Waals surface area contributed by atoms with E-state index in [9.17, 15) is 9.59 Å². The zero-order chi connectivity index (χ0) is 18.4. The number of benzene rings is 1. The second kappa shape index (κ2) is 8.36. The number of ether oxygens (including phenoxy) is 1. The first-order valence-electron chi connectivity index (χ1n) is 8.16. The Hall–Kier alpha value is -2.77. The van der Waals surface area contributed by atoms with Gasteiger partial charge >= 0.3 is 5.97 Å². The van der Waals surface area contributed by atoms with Gasteiger partial charge in [0.15, 0.2) is 0 Å². The van der Waals surface area contributed by atoms with E-state index in [4.69, 9.17) is 4.74 Å². The number of hydrogen-bond donors (Lipinski definition) is 1. The number of esters is 1. The van der Waals surface area contributed by atoms with E-state index in [0.29, 0.717) is 5.82 Å². The van der Waals surface area contributed by atoms with Gasteiger partial charge in [-0.05, 0) is 18.1 Å². The maximum Gasteiger partial charge on any atom is 0.328 e. The van der Waals surface area contributed by atoms with Crippen LogP contribution in [0.2, 0.25) is 0 Å². The number of hydrogen-bond acceptors (Lipinski definition) is 6. The second-order valence-corrected chi connectivity index (χ2v) is 5.96. The molecule has 8 nitrogen and oxygen atoms in total. The van der Waals surface area contributed by atoms with Crippen LogP contribution in [0.25, 0.3) is 11.4 Å². The van der Waals surface area contributed by atoms with Crippen LogP contribution < -0.4 is 5.32 Å². The first-order chi connectivity index (χ1) is 11.9. The lowest BCUT2D eigenvalue weighted by Crippen LogP contribution is -2.46. The summed E-state index contributed by atoms with van der Waals surface area (Å²) in [5.41, 5.74) is 1.96. The number of aromatic nitrogens is 4. The van der Waals surface area contributed by atoms with Gasteiger partial charge in [-0.25, -0.2) is 4.79 Å². The topological polar surface area (TPSA) is 99.0 Å². The standard InChI is InChI=1S/C17H23N5O3/c1-5-12(3)15(17(24)25-4)18-14(23)10-22-20-16(19-21-22)13-8-6-11(2)7-9-13/h6-9,12,15H,5,10H2,1-4H3,(H,18,23)/t12-,15+/m0/s1. The van der Waals surface area contributed by atoms with Crippen molar-refractivity contribution in [1.82, 2.24) is 25.5 Å². The number of tetrazole rings is 1. The zero-order valence-electron chi connectivity index (χ0n) is 14.9. The van der Waals surface area contributed by atoms with Gasteiger partial charge < -0.3 is 10.1 Å². The van der Waals surface area contributed by atoms with E-state index in [1.165, 1.54) is 11.9 Å². The van der Waals surface area contributed by atoms with Gasteiger partial charge in [0.05, 0.1) is 7.11 Å². The third-order valence-corrected chi connectivity index (χ3v) is 4.03. The Morgan fingerprint density at radius 1 is 1.28 bits per heavy atom. The number of methoxy groups -OCH3 is 1. The molecule has 1 aromatic carbocycles. The molecule has 0 unspecified atom stereocenters. The minimum atomic E-state index is -0.692. The highest BCUT2D eigenvalue weighted by molar-refractivity contribution is 5.84. The molecule has 2 aromatic rings. The van der Waals surface area contributed by atoms with Gasteiger partial charge in [0.25, 0.3) is 0 Å². The Morgan fingerprint density at radius 2 is 1.96 bits per heavy atom. The van der Waals surface area contributed by atoms with Crippen LogP contribution in [0.5, 0.6) is 0 Å². The molecule has 0 aliphatic carbocycles. The summed E-state index contributed by atoms with van der Waals surface area (Å²) in [5, 5.41) is 14.7. The number of carbonyl (C=O) groups is 2. The van der Waals surface area contributed by atoms with Crippen LogP contribution in [0.1, 0.15) is 25.8 Å². The smallest absolute Gasteiger partial charge is 0.328 e. The van der Waals surface area contributed by atoms with Gasteiger partial charge in [-0.2, -0.15) is 4.80 Å². The summed E-state index contributed by atoms with van der Waals surface area (Å²) in [6, 6.07) is 7.01. The van der Waals surface area contributed by atoms with Crippen molar-refractivity contribution in [3.63, 3.8) is 0 Å². The number of nitrogens with one attached hydrogen (secondary N) is 1. The molecule has 0 saturated heterocycles. The monoisotopic (exact) mass is 345 g/mol. The molecule has 1 aromatic heterocycles. The molecule has 2 atom stereocenters. The predicted octanol–water partition coefficient (Wildman–Crippen LogP) is 1.35. The molecule has 2 rings (SSSR count). The third kappa shape index (κ3) is 4.85. The van der Waals surface area contributed by atoms with Crippen molar-refractivity contribution in [2.75, 3.05) is 7.11 Å². The molecule has 1 N–H and O–H groups in total. The second-order valence-electron chi connectivity index (χ2n) is 5.96. The van der Waals surface area contributed by atoms with Crippen LogP contribution in [0.4, 0.5) is 0 Å². The average Bonchev–Trinajstić information content (AvgIpc) is 3.07. The van der Waals surface area contributed by atoms with E-state index >= 15 is 0 Å². The van der Waals surface area contributed by atoms with Crippen LogP contribution in [-0.4, -0.2) is 45.2 Å². The van der Waals surface area contributed by atoms with Gasteiger partial charge in [0.2, 0.25) is 11.7 Å². The molecular weight excluding hydrogens is 322 g/mol. The molecule has 1 amide bonds. The minimum Gasteiger partial charge on any atom is -0.467 e. The van der Waals surface area contributed by atoms with E-state index < -0.39 is 12.0 Å². The fourth-order valence-corrected chi connectivity index (χ4v) is 2.27. The van der Waals surface area contributed by atoms with Gasteiger partial charge in [-0.3, -0.25) is 4.79 Å². The van der Waals surface area contributed by atoms with Crippen LogP contribution >= 0.6 is 0 Å². The maximum absolute atomic E-state index is 12.2. The molecule has 134 valence electrons. The fourth-order valence-electron chi connectivity index (χ4n) is 2.27. The third-order valence-electron chi connectivity index (χ3n) is 4.03. The van der Waals surface area contributed by atoms with Crippen molar-refractivity contribution in [3.05, 3.63) is 29.8 Å². The highest BCUT2D eigenvalue weighted by Crippen LogP contribution is 2.14. The predicted molar refractivity (Wildman–Crippen MR) is 91.4 cm³/mol. The maximum atomic E-state index is 12.2. The van der Waals surface area contributed by atoms with Crippen LogP contribution in [0.3, 0.4) is 0 Å². The number of aryl methyl sites for hydroxylation is 1. The molecule has 0 saturated carbocycles. The average molecular weight is 345 g/mol. The summed E-state index contributed by atoms with van der Waals surface area (Å²) < 4.78 is 4.75. The van der Waals surface area contributed by atoms with E-state index in [0.717, 1.165) is 17.5 Å². The largest absolute Gasteiger partial charge is 0.467 e. The number of carbonyl (C=O) groups excluding carboxylic acids is 2. The molecule has 1 heterocycles. The quantitative estimate of drug-likeness (QED) is 0.761. The molecule has 25 heavy (non-hydrogen) atoms. The van der Waals surface area contributed by atoms with Gasteiger partial charge in [0, 0.05) is 5.56 Å². The summed E-state index contributed by atoms with van der Waals surface area (Å²) in [6.07, 6.45) is 0.735. The van der Waals surface area contributed by atoms with E-state index in [1.807, 2.05) is 45.0 Å². The van der Waals surface area contributed by atoms with Gasteiger partial charge in [-0.1, -0.05) is 50.1 Å². The number of nitrogens with zero attached hydrogens (tertiary/aromatic N) is 4. The molecule has 0 aliphatic rings. The van der Waals surface area contributed by atoms with Crippen molar-refractivity contribution >= 4 is 11.9 Å². The van der Waals surface area contributed by atoms with Crippen molar-refractivity contribution in [1.29, 1.82) is 0 Å². The van der Waals surface area contributed by atoms with Crippen LogP contribution in [0.15, 0.2) is 24.3 Å². The Kier molecular flexibility index (Phi) is 6.21. The first-order valence-corrected chi connectivity index (χ1v) is 8.16. The number of rotatable bonds is 7. The highest BCUT2D eigenvalue weighted by atomic mass is 16.5. The highest BCUT2D eigenvalue weighted by Gasteiger charge is 2.26. The fraction of sp³-hybridized carbons (Fsp3) is 0.471. The van der Waals surface area contributed by atoms with Crippen LogP contribution in [0, 0.1) is 12.8 Å². The molecule has 0 bridgehead atoms. The summed E-state index contributed by atoms with van der Waals surface area (Å²) in [4.78, 5) is 25.2. The lowest BCUT2D eigenvalue weighted by atomic mass is 9.99. The molecule has 8 heteroatoms. The zero-order valence-corrected chi connectivity index (χ0v) is 14.9. The minimum absolute atomic E-state index is 0.0387. The van der Waals surface area contributed by atoms with Crippen LogP contribution in [-0.2, 0) is 20.9 Å². The lowest BCUT2D eigenvalue weighted by molar-refractivity contribution is -0.146. The molecule has 0 aliphatic heterocycles. The molecule has 0 fully saturated rings. The van der Waals surface area contributed by atoms with Crippen molar-refractivity contribution in [2.45, 2.75) is 39.8 Å². The Balaban J connectivity index is 2.03. The summed E-state index contributed by atoms with van der Waals surface area (Å²) in [7, 11) is 1.30. The normalized spacial score (nSPS) is 13.1. The van der Waals surface area contributed by atoms with Crippen molar-refractivity contribution in [2.24, 2.45) is 5.92 Å². The summed E-state index contributed by atoms with van der Waals surface area (Å²) >= 11 is 0. The molecule has 0 radical (unpaired) electrons. The summed E-state index contributed by atoms with van der Waals surface area (Å²) in [6.45, 7) is 5.70. The SMILES string of the molecule is CC[C@H](C)[C@@H](NC(=O)Cn1nnc(-c2ccc(C)cc2)n1)C(=O)OC. The lowest BCUT2D eigenvalue weighted by Gasteiger charge is -2.21. The van der Waals surface area contributed by atoms with Crippen molar-refractivity contribution in [3.8, 4) is 11.4 Å². The van der Waals surface area contributed by atoms with Gasteiger partial charge in [0.1, 0.15) is 12.6 Å². The first kappa shape index (κ1) is 18.6. The van der Waals surface area contributed by atoms with E-state index in [2.05, 4.69) is 20.7 Å². The Morgan fingerprint density at radius 3 is 2.56 bits per heavy atom. The van der Waals surface area contributed by atoms with E-state index in [-0.39, 0.29) is 18.4 Å². The Labute approximate surface area is 146 Å². The Bertz CT molecular complexity index is 726. The summed E-state index contributed by atoms with van der Waals surface area (Å²) in [5.74, 6) is -0.430. The number of amides is 1. The van der Waals surface area contributed by atoms with Crippen molar-refractivity contribution < 1.29 is 14.3 Å².